The van der Waals surface area contributed by atoms with Crippen LogP contribution in [-0.2, 0) is 11.2 Å². The summed E-state index contributed by atoms with van der Waals surface area (Å²) in [7, 11) is 0. The first-order valence-electron chi connectivity index (χ1n) is 6.08. The van der Waals surface area contributed by atoms with Gasteiger partial charge in [0.25, 0.3) is 0 Å². The summed E-state index contributed by atoms with van der Waals surface area (Å²) in [5.41, 5.74) is 1.14. The van der Waals surface area contributed by atoms with Crippen LogP contribution in [0.25, 0.3) is 0 Å². The van der Waals surface area contributed by atoms with E-state index in [1.807, 2.05) is 30.3 Å². The van der Waals surface area contributed by atoms with Crippen LogP contribution in [0.4, 0.5) is 0 Å². The summed E-state index contributed by atoms with van der Waals surface area (Å²) < 4.78 is 0. The SMILES string of the molecule is O=C(Cc1ccccc1)SC1CCCCC1. The van der Waals surface area contributed by atoms with Crippen LogP contribution >= 0.6 is 11.8 Å². The van der Waals surface area contributed by atoms with E-state index in [0.29, 0.717) is 16.8 Å². The van der Waals surface area contributed by atoms with Crippen LogP contribution in [0, 0.1) is 0 Å². The Morgan fingerprint density at radius 1 is 1.12 bits per heavy atom. The second kappa shape index (κ2) is 6.09. The molecule has 0 amide bonds. The van der Waals surface area contributed by atoms with Crippen LogP contribution in [-0.4, -0.2) is 10.4 Å². The van der Waals surface area contributed by atoms with E-state index in [-0.39, 0.29) is 0 Å². The van der Waals surface area contributed by atoms with Gasteiger partial charge in [0.1, 0.15) is 0 Å². The third-order valence-electron chi connectivity index (χ3n) is 3.04. The molecule has 1 nitrogen and oxygen atoms in total. The standard InChI is InChI=1S/C14H18OS/c15-14(11-12-7-3-1-4-8-12)16-13-9-5-2-6-10-13/h1,3-4,7-8,13H,2,5-6,9-11H2. The number of rotatable bonds is 3. The number of hydrogen-bond donors (Lipinski definition) is 0. The molecule has 0 heterocycles. The van der Waals surface area contributed by atoms with Crippen molar-refractivity contribution in [3.8, 4) is 0 Å². The van der Waals surface area contributed by atoms with E-state index in [9.17, 15) is 4.79 Å². The van der Waals surface area contributed by atoms with Gasteiger partial charge >= 0.3 is 0 Å². The van der Waals surface area contributed by atoms with Crippen molar-refractivity contribution < 1.29 is 4.79 Å². The van der Waals surface area contributed by atoms with E-state index < -0.39 is 0 Å². The zero-order chi connectivity index (χ0) is 11.2. The maximum atomic E-state index is 11.8. The van der Waals surface area contributed by atoms with Crippen molar-refractivity contribution in [2.75, 3.05) is 0 Å². The van der Waals surface area contributed by atoms with Crippen LogP contribution in [0.15, 0.2) is 30.3 Å². The van der Waals surface area contributed by atoms with E-state index in [1.54, 1.807) is 11.8 Å². The monoisotopic (exact) mass is 234 g/mol. The summed E-state index contributed by atoms with van der Waals surface area (Å²) in [5, 5.41) is 0.920. The minimum atomic E-state index is 0.332. The zero-order valence-electron chi connectivity index (χ0n) is 9.52. The third kappa shape index (κ3) is 3.67. The molecule has 86 valence electrons. The van der Waals surface area contributed by atoms with Crippen molar-refractivity contribution in [3.63, 3.8) is 0 Å². The van der Waals surface area contributed by atoms with Crippen LogP contribution in [0.2, 0.25) is 0 Å². The van der Waals surface area contributed by atoms with Crippen molar-refractivity contribution in [1.29, 1.82) is 0 Å². The predicted octanol–water partition coefficient (Wildman–Crippen LogP) is 3.82. The molecule has 0 unspecified atom stereocenters. The summed E-state index contributed by atoms with van der Waals surface area (Å²) in [4.78, 5) is 11.8. The summed E-state index contributed by atoms with van der Waals surface area (Å²) >= 11 is 1.58. The molecular formula is C14H18OS. The fraction of sp³-hybridized carbons (Fsp3) is 0.500. The molecule has 1 aromatic carbocycles. The molecule has 1 fully saturated rings. The van der Waals surface area contributed by atoms with Crippen LogP contribution in [0.1, 0.15) is 37.7 Å². The van der Waals surface area contributed by atoms with Gasteiger partial charge in [-0.15, -0.1) is 0 Å². The minimum absolute atomic E-state index is 0.332. The molecule has 0 aliphatic heterocycles. The van der Waals surface area contributed by atoms with Gasteiger partial charge in [0.2, 0.25) is 0 Å². The van der Waals surface area contributed by atoms with Gasteiger partial charge < -0.3 is 0 Å². The Hall–Kier alpha value is -0.760. The Bertz CT molecular complexity index is 328. The number of carbonyl (C=O) groups excluding carboxylic acids is 1. The normalized spacial score (nSPS) is 17.2. The first kappa shape index (κ1) is 11.7. The second-order valence-electron chi connectivity index (χ2n) is 4.41. The van der Waals surface area contributed by atoms with Crippen LogP contribution < -0.4 is 0 Å². The highest BCUT2D eigenvalue weighted by molar-refractivity contribution is 8.14. The maximum Gasteiger partial charge on any atom is 0.193 e. The molecule has 0 aromatic heterocycles. The van der Waals surface area contributed by atoms with Gasteiger partial charge in [-0.25, -0.2) is 0 Å². The largest absolute Gasteiger partial charge is 0.287 e. The van der Waals surface area contributed by atoms with Gasteiger partial charge in [0.15, 0.2) is 5.12 Å². The fourth-order valence-electron chi connectivity index (χ4n) is 2.17. The van der Waals surface area contributed by atoms with Crippen LogP contribution in [0.3, 0.4) is 0 Å². The first-order chi connectivity index (χ1) is 7.84. The lowest BCUT2D eigenvalue weighted by Gasteiger charge is -2.19. The molecule has 2 heteroatoms. The summed E-state index contributed by atoms with van der Waals surface area (Å²) in [6.07, 6.45) is 6.99. The van der Waals surface area contributed by atoms with E-state index in [4.69, 9.17) is 0 Å². The third-order valence-corrected chi connectivity index (χ3v) is 4.25. The lowest BCUT2D eigenvalue weighted by atomic mass is 10.0. The number of hydrogen-bond acceptors (Lipinski definition) is 2. The second-order valence-corrected chi connectivity index (χ2v) is 5.77. The number of thioether (sulfide) groups is 1. The van der Waals surface area contributed by atoms with Gasteiger partial charge in [-0.05, 0) is 18.4 Å². The molecule has 0 N–H and O–H groups in total. The average molecular weight is 234 g/mol. The minimum Gasteiger partial charge on any atom is -0.287 e. The van der Waals surface area contributed by atoms with Crippen molar-refractivity contribution in [1.82, 2.24) is 0 Å². The van der Waals surface area contributed by atoms with E-state index in [1.165, 1.54) is 32.1 Å². The highest BCUT2D eigenvalue weighted by atomic mass is 32.2. The molecule has 0 saturated heterocycles. The fourth-order valence-corrected chi connectivity index (χ4v) is 3.36. The Morgan fingerprint density at radius 2 is 1.81 bits per heavy atom. The molecule has 1 aliphatic carbocycles. The zero-order valence-corrected chi connectivity index (χ0v) is 10.3. The van der Waals surface area contributed by atoms with Crippen molar-refractivity contribution in [3.05, 3.63) is 35.9 Å². The molecule has 16 heavy (non-hydrogen) atoms. The Labute approximate surface area is 102 Å². The highest BCUT2D eigenvalue weighted by Gasteiger charge is 2.17. The molecular weight excluding hydrogens is 216 g/mol. The van der Waals surface area contributed by atoms with Crippen molar-refractivity contribution in [2.24, 2.45) is 0 Å². The van der Waals surface area contributed by atoms with Gasteiger partial charge in [0.05, 0.1) is 0 Å². The van der Waals surface area contributed by atoms with Gasteiger partial charge in [-0.2, -0.15) is 0 Å². The summed E-state index contributed by atoms with van der Waals surface area (Å²) in [6, 6.07) is 10.0. The Kier molecular flexibility index (Phi) is 4.46. The van der Waals surface area contributed by atoms with E-state index in [2.05, 4.69) is 0 Å². The number of benzene rings is 1. The predicted molar refractivity (Wildman–Crippen MR) is 69.6 cm³/mol. The van der Waals surface area contributed by atoms with Gasteiger partial charge in [-0.1, -0.05) is 61.4 Å². The molecule has 2 rings (SSSR count). The smallest absolute Gasteiger partial charge is 0.193 e. The molecule has 0 atom stereocenters. The molecule has 1 aliphatic rings. The molecule has 1 saturated carbocycles. The van der Waals surface area contributed by atoms with E-state index >= 15 is 0 Å². The van der Waals surface area contributed by atoms with Crippen molar-refractivity contribution in [2.45, 2.75) is 43.8 Å². The van der Waals surface area contributed by atoms with Gasteiger partial charge in [-0.3, -0.25) is 4.79 Å². The van der Waals surface area contributed by atoms with Crippen molar-refractivity contribution >= 4 is 16.9 Å². The Balaban J connectivity index is 1.80. The molecule has 0 bridgehead atoms. The summed E-state index contributed by atoms with van der Waals surface area (Å²) in [5.74, 6) is 0. The molecule has 0 spiro atoms. The lowest BCUT2D eigenvalue weighted by molar-refractivity contribution is -0.110. The Morgan fingerprint density at radius 3 is 2.50 bits per heavy atom. The summed E-state index contributed by atoms with van der Waals surface area (Å²) in [6.45, 7) is 0. The molecule has 1 aromatic rings. The topological polar surface area (TPSA) is 17.1 Å². The average Bonchev–Trinajstić information content (AvgIpc) is 2.31. The molecule has 0 radical (unpaired) electrons. The highest BCUT2D eigenvalue weighted by Crippen LogP contribution is 2.29. The van der Waals surface area contributed by atoms with E-state index in [0.717, 1.165) is 5.56 Å². The van der Waals surface area contributed by atoms with Crippen LogP contribution in [0.5, 0.6) is 0 Å². The lowest BCUT2D eigenvalue weighted by Crippen LogP contribution is -2.12. The quantitative estimate of drug-likeness (QED) is 0.791. The first-order valence-corrected chi connectivity index (χ1v) is 6.96. The van der Waals surface area contributed by atoms with Gasteiger partial charge in [0, 0.05) is 11.7 Å². The maximum absolute atomic E-state index is 11.8. The number of carbonyl (C=O) groups is 1.